The van der Waals surface area contributed by atoms with E-state index in [-0.39, 0.29) is 0 Å². The van der Waals surface area contributed by atoms with Crippen LogP contribution in [-0.2, 0) is 41.5 Å². The number of fused-ring (bicyclic) bond motifs is 7. The molecule has 24 heavy (non-hydrogen) atoms. The number of hydrogen-bond donors (Lipinski definition) is 0. The molecule has 1 aromatic rings. The third-order valence-corrected chi connectivity index (χ3v) is 5.88. The maximum absolute atomic E-state index is 12.2. The molecule has 122 valence electrons. The molecule has 0 bridgehead atoms. The van der Waals surface area contributed by atoms with E-state index in [4.69, 9.17) is 9.47 Å². The van der Waals surface area contributed by atoms with Gasteiger partial charge in [0.15, 0.2) is 0 Å². The van der Waals surface area contributed by atoms with Gasteiger partial charge < -0.3 is 9.47 Å². The van der Waals surface area contributed by atoms with E-state index in [9.17, 15) is 19.2 Å². The van der Waals surface area contributed by atoms with Crippen molar-refractivity contribution in [2.45, 2.75) is 37.5 Å². The Bertz CT molecular complexity index is 838. The number of esters is 4. The molecule has 0 N–H and O–H groups in total. The van der Waals surface area contributed by atoms with E-state index < -0.39 is 47.5 Å². The molecule has 6 nitrogen and oxygen atoms in total. The fourth-order valence-corrected chi connectivity index (χ4v) is 4.83. The van der Waals surface area contributed by atoms with Crippen LogP contribution in [0.5, 0.6) is 0 Å². The largest absolute Gasteiger partial charge is 0.392 e. The molecule has 0 spiro atoms. The third kappa shape index (κ3) is 1.60. The fraction of sp³-hybridized carbons (Fsp3) is 0.444. The van der Waals surface area contributed by atoms with Gasteiger partial charge in [-0.1, -0.05) is 12.1 Å². The monoisotopic (exact) mass is 326 g/mol. The highest BCUT2D eigenvalue weighted by Gasteiger charge is 2.52. The average Bonchev–Trinajstić information content (AvgIpc) is 3.03. The van der Waals surface area contributed by atoms with Gasteiger partial charge in [-0.3, -0.25) is 19.2 Å². The lowest BCUT2D eigenvalue weighted by Crippen LogP contribution is -2.29. The van der Waals surface area contributed by atoms with E-state index in [1.807, 2.05) is 12.1 Å². The summed E-state index contributed by atoms with van der Waals surface area (Å²) in [5.41, 5.74) is 3.60. The first-order valence-corrected chi connectivity index (χ1v) is 8.22. The number of aryl methyl sites for hydroxylation is 1. The van der Waals surface area contributed by atoms with E-state index in [0.29, 0.717) is 25.7 Å². The quantitative estimate of drug-likeness (QED) is 0.525. The summed E-state index contributed by atoms with van der Waals surface area (Å²) in [6.45, 7) is 0. The van der Waals surface area contributed by atoms with Crippen LogP contribution < -0.4 is 0 Å². The number of carbonyl (C=O) groups is 4. The highest BCUT2D eigenvalue weighted by molar-refractivity contribution is 6.02. The van der Waals surface area contributed by atoms with Crippen molar-refractivity contribution in [1.82, 2.24) is 0 Å². The third-order valence-electron chi connectivity index (χ3n) is 5.88. The van der Waals surface area contributed by atoms with Crippen LogP contribution in [0.4, 0.5) is 0 Å². The van der Waals surface area contributed by atoms with Gasteiger partial charge in [0, 0.05) is 0 Å². The van der Waals surface area contributed by atoms with Gasteiger partial charge in [-0.25, -0.2) is 0 Å². The summed E-state index contributed by atoms with van der Waals surface area (Å²) in [5, 5.41) is 0. The minimum atomic E-state index is -0.583. The Labute approximate surface area is 137 Å². The SMILES string of the molecule is O=C1OC(=O)C2c3ccc4c(c3CCC12)C1C(=O)OC(=O)C1CC4. The van der Waals surface area contributed by atoms with Gasteiger partial charge in [-0.05, 0) is 47.9 Å². The van der Waals surface area contributed by atoms with Crippen molar-refractivity contribution in [1.29, 1.82) is 0 Å². The second kappa shape index (κ2) is 4.53. The Morgan fingerprint density at radius 1 is 0.750 bits per heavy atom. The molecule has 5 rings (SSSR count). The van der Waals surface area contributed by atoms with Crippen LogP contribution in [0.15, 0.2) is 12.1 Å². The molecule has 2 heterocycles. The molecule has 4 unspecified atom stereocenters. The Hall–Kier alpha value is -2.50. The highest BCUT2D eigenvalue weighted by atomic mass is 16.6. The molecular weight excluding hydrogens is 312 g/mol. The summed E-state index contributed by atoms with van der Waals surface area (Å²) in [6.07, 6.45) is 2.45. The minimum Gasteiger partial charge on any atom is -0.392 e. The Morgan fingerprint density at radius 3 is 2.12 bits per heavy atom. The average molecular weight is 326 g/mol. The van der Waals surface area contributed by atoms with E-state index in [0.717, 1.165) is 22.3 Å². The Kier molecular flexibility index (Phi) is 2.62. The van der Waals surface area contributed by atoms with Gasteiger partial charge in [0.1, 0.15) is 0 Å². The molecular formula is C18H14O6. The molecule has 4 atom stereocenters. The van der Waals surface area contributed by atoms with E-state index in [2.05, 4.69) is 0 Å². The zero-order chi connectivity index (χ0) is 16.6. The van der Waals surface area contributed by atoms with E-state index in [1.54, 1.807) is 0 Å². The van der Waals surface area contributed by atoms with Crippen LogP contribution in [0, 0.1) is 11.8 Å². The number of ether oxygens (including phenoxy) is 2. The van der Waals surface area contributed by atoms with Crippen LogP contribution >= 0.6 is 0 Å². The number of cyclic esters (lactones) is 4. The predicted octanol–water partition coefficient (Wildman–Crippen LogP) is 1.15. The Morgan fingerprint density at radius 2 is 1.38 bits per heavy atom. The summed E-state index contributed by atoms with van der Waals surface area (Å²) in [4.78, 5) is 48.1. The van der Waals surface area contributed by atoms with Crippen LogP contribution in [0.3, 0.4) is 0 Å². The molecule has 4 aliphatic rings. The minimum absolute atomic E-state index is 0.425. The van der Waals surface area contributed by atoms with Gasteiger partial charge >= 0.3 is 23.9 Å². The number of hydrogen-bond acceptors (Lipinski definition) is 6. The van der Waals surface area contributed by atoms with Gasteiger partial charge in [0.25, 0.3) is 0 Å². The van der Waals surface area contributed by atoms with Crippen molar-refractivity contribution < 1.29 is 28.7 Å². The van der Waals surface area contributed by atoms with E-state index in [1.165, 1.54) is 0 Å². The zero-order valence-electron chi connectivity index (χ0n) is 12.7. The second-order valence-electron chi connectivity index (χ2n) is 6.93. The lowest BCUT2D eigenvalue weighted by molar-refractivity contribution is -0.155. The van der Waals surface area contributed by atoms with Gasteiger partial charge in [-0.15, -0.1) is 0 Å². The topological polar surface area (TPSA) is 86.7 Å². The van der Waals surface area contributed by atoms with Crippen molar-refractivity contribution in [2.75, 3.05) is 0 Å². The molecule has 6 heteroatoms. The van der Waals surface area contributed by atoms with Crippen molar-refractivity contribution in [3.8, 4) is 0 Å². The highest BCUT2D eigenvalue weighted by Crippen LogP contribution is 2.49. The Balaban J connectivity index is 1.70. The van der Waals surface area contributed by atoms with Crippen LogP contribution in [0.25, 0.3) is 0 Å². The van der Waals surface area contributed by atoms with Crippen molar-refractivity contribution >= 4 is 23.9 Å². The number of rotatable bonds is 0. The zero-order valence-corrected chi connectivity index (χ0v) is 12.7. The number of benzene rings is 1. The first-order chi connectivity index (χ1) is 11.6. The first-order valence-electron chi connectivity index (χ1n) is 8.22. The maximum Gasteiger partial charge on any atom is 0.321 e. The summed E-state index contributed by atoms with van der Waals surface area (Å²) < 4.78 is 9.67. The summed E-state index contributed by atoms with van der Waals surface area (Å²) in [6, 6.07) is 3.80. The molecule has 0 aromatic heterocycles. The van der Waals surface area contributed by atoms with Gasteiger partial charge in [0.2, 0.25) is 0 Å². The summed E-state index contributed by atoms with van der Waals surface area (Å²) in [7, 11) is 0. The molecule has 0 saturated carbocycles. The standard InChI is InChI=1S/C18H14O6/c19-15-10-6-5-8-9(13(10)17(21)23-15)3-1-7-2-4-11-14(12(7)8)18(22)24-16(11)20/h1,3,10-11,13-14H,2,4-6H2. The normalized spacial score (nSPS) is 33.3. The summed E-state index contributed by atoms with van der Waals surface area (Å²) in [5.74, 6) is -3.92. The molecule has 2 aliphatic heterocycles. The molecule has 2 aliphatic carbocycles. The second-order valence-corrected chi connectivity index (χ2v) is 6.93. The van der Waals surface area contributed by atoms with Crippen LogP contribution in [0.1, 0.15) is 46.9 Å². The molecule has 0 amide bonds. The predicted molar refractivity (Wildman–Crippen MR) is 77.7 cm³/mol. The molecule has 2 saturated heterocycles. The number of carbonyl (C=O) groups excluding carboxylic acids is 4. The summed E-state index contributed by atoms with van der Waals surface area (Å²) >= 11 is 0. The fourth-order valence-electron chi connectivity index (χ4n) is 4.83. The van der Waals surface area contributed by atoms with Crippen LogP contribution in [0.2, 0.25) is 0 Å². The van der Waals surface area contributed by atoms with Crippen LogP contribution in [-0.4, -0.2) is 23.9 Å². The van der Waals surface area contributed by atoms with Crippen molar-refractivity contribution in [2.24, 2.45) is 11.8 Å². The molecule has 1 aromatic carbocycles. The molecule has 0 radical (unpaired) electrons. The van der Waals surface area contributed by atoms with Gasteiger partial charge in [-0.2, -0.15) is 0 Å². The molecule has 2 fully saturated rings. The lowest BCUT2D eigenvalue weighted by atomic mass is 9.68. The smallest absolute Gasteiger partial charge is 0.321 e. The van der Waals surface area contributed by atoms with Gasteiger partial charge in [0.05, 0.1) is 23.7 Å². The van der Waals surface area contributed by atoms with E-state index >= 15 is 0 Å². The lowest BCUT2D eigenvalue weighted by Gasteiger charge is -2.32. The maximum atomic E-state index is 12.2. The van der Waals surface area contributed by atoms with Crippen molar-refractivity contribution in [3.05, 3.63) is 34.4 Å². The first kappa shape index (κ1) is 13.9. The van der Waals surface area contributed by atoms with Crippen molar-refractivity contribution in [3.63, 3.8) is 0 Å².